The summed E-state index contributed by atoms with van der Waals surface area (Å²) in [6.07, 6.45) is 9.60. The fraction of sp³-hybridized carbons (Fsp3) is 0.423. The van der Waals surface area contributed by atoms with Gasteiger partial charge in [-0.1, -0.05) is 31.5 Å². The van der Waals surface area contributed by atoms with Crippen LogP contribution in [0.4, 0.5) is 0 Å². The highest BCUT2D eigenvalue weighted by atomic mass is 16.5. The maximum atomic E-state index is 5.93. The van der Waals surface area contributed by atoms with Gasteiger partial charge in [0.1, 0.15) is 12.4 Å². The molecule has 4 aromatic rings. The first kappa shape index (κ1) is 21.6. The highest BCUT2D eigenvalue weighted by molar-refractivity contribution is 5.61. The van der Waals surface area contributed by atoms with Crippen molar-refractivity contribution in [3.8, 4) is 17.0 Å². The van der Waals surface area contributed by atoms with Gasteiger partial charge in [-0.3, -0.25) is 9.58 Å². The zero-order chi connectivity index (χ0) is 22.5. The van der Waals surface area contributed by atoms with Crippen LogP contribution in [0.1, 0.15) is 44.0 Å². The largest absolute Gasteiger partial charge is 0.492 e. The molecular formula is C26H32N6O. The number of ether oxygens (including phenoxy) is 1. The molecule has 1 aliphatic rings. The lowest BCUT2D eigenvalue weighted by molar-refractivity contribution is 0.238. The van der Waals surface area contributed by atoms with Crippen LogP contribution in [0.5, 0.6) is 5.75 Å². The molecule has 172 valence electrons. The number of hydrogen-bond acceptors (Lipinski definition) is 5. The molecule has 0 aliphatic carbocycles. The smallest absolute Gasteiger partial charge is 0.156 e. The molecule has 0 N–H and O–H groups in total. The number of hydrogen-bond donors (Lipinski definition) is 0. The molecule has 1 aromatic carbocycles. The van der Waals surface area contributed by atoms with E-state index < -0.39 is 0 Å². The first-order chi connectivity index (χ1) is 16.3. The van der Waals surface area contributed by atoms with E-state index in [-0.39, 0.29) is 0 Å². The minimum Gasteiger partial charge on any atom is -0.492 e. The Labute approximate surface area is 195 Å². The van der Waals surface area contributed by atoms with Gasteiger partial charge in [0.2, 0.25) is 0 Å². The summed E-state index contributed by atoms with van der Waals surface area (Å²) in [6, 6.07) is 14.4. The Hall–Kier alpha value is -3.19. The summed E-state index contributed by atoms with van der Waals surface area (Å²) in [7, 11) is 0. The molecule has 0 unspecified atom stereocenters. The zero-order valence-corrected chi connectivity index (χ0v) is 19.4. The Morgan fingerprint density at radius 1 is 1.00 bits per heavy atom. The summed E-state index contributed by atoms with van der Waals surface area (Å²) in [5, 5.41) is 9.31. The summed E-state index contributed by atoms with van der Waals surface area (Å²) >= 11 is 0. The zero-order valence-electron chi connectivity index (χ0n) is 19.4. The van der Waals surface area contributed by atoms with Gasteiger partial charge in [-0.25, -0.2) is 9.50 Å². The average Bonchev–Trinajstić information content (AvgIpc) is 3.59. The lowest BCUT2D eigenvalue weighted by atomic mass is 10.1. The Bertz CT molecular complexity index is 1170. The van der Waals surface area contributed by atoms with Crippen LogP contribution in [-0.4, -0.2) is 55.5 Å². The average molecular weight is 445 g/mol. The van der Waals surface area contributed by atoms with Gasteiger partial charge >= 0.3 is 0 Å². The second-order valence-corrected chi connectivity index (χ2v) is 8.77. The summed E-state index contributed by atoms with van der Waals surface area (Å²) in [6.45, 7) is 7.29. The summed E-state index contributed by atoms with van der Waals surface area (Å²) in [5.41, 5.74) is 4.09. The van der Waals surface area contributed by atoms with Crippen LogP contribution in [-0.2, 0) is 13.0 Å². The van der Waals surface area contributed by atoms with E-state index in [4.69, 9.17) is 14.8 Å². The number of aromatic nitrogens is 5. The molecule has 0 spiro atoms. The Morgan fingerprint density at radius 2 is 1.85 bits per heavy atom. The SMILES string of the molecule is CCCCn1cc(-c2cccc3nc(Cc4ccc(OCCN5CCCC5)cc4)nn23)cn1. The van der Waals surface area contributed by atoms with Gasteiger partial charge in [-0.15, -0.1) is 0 Å². The number of rotatable bonds is 10. The van der Waals surface area contributed by atoms with Gasteiger partial charge in [0, 0.05) is 31.3 Å². The van der Waals surface area contributed by atoms with Crippen LogP contribution >= 0.6 is 0 Å². The fourth-order valence-corrected chi connectivity index (χ4v) is 4.37. The molecular weight excluding hydrogens is 412 g/mol. The Morgan fingerprint density at radius 3 is 2.67 bits per heavy atom. The van der Waals surface area contributed by atoms with Crippen molar-refractivity contribution in [1.29, 1.82) is 0 Å². The molecule has 1 fully saturated rings. The van der Waals surface area contributed by atoms with Crippen molar-refractivity contribution < 1.29 is 4.74 Å². The van der Waals surface area contributed by atoms with E-state index in [2.05, 4.69) is 41.3 Å². The van der Waals surface area contributed by atoms with Crippen molar-refractivity contribution in [2.45, 2.75) is 45.6 Å². The molecule has 5 rings (SSSR count). The predicted molar refractivity (Wildman–Crippen MR) is 130 cm³/mol. The van der Waals surface area contributed by atoms with Crippen molar-refractivity contribution in [3.05, 3.63) is 66.2 Å². The lowest BCUT2D eigenvalue weighted by Crippen LogP contribution is -2.25. The van der Waals surface area contributed by atoms with Crippen LogP contribution < -0.4 is 4.74 Å². The molecule has 1 aliphatic heterocycles. The molecule has 1 saturated heterocycles. The molecule has 7 nitrogen and oxygen atoms in total. The number of benzene rings is 1. The first-order valence-corrected chi connectivity index (χ1v) is 12.1. The Balaban J connectivity index is 1.25. The quantitative estimate of drug-likeness (QED) is 0.361. The van der Waals surface area contributed by atoms with Crippen LogP contribution in [0.25, 0.3) is 16.9 Å². The van der Waals surface area contributed by atoms with E-state index in [0.29, 0.717) is 6.42 Å². The summed E-state index contributed by atoms with van der Waals surface area (Å²) in [5.74, 6) is 1.73. The minimum absolute atomic E-state index is 0.685. The van der Waals surface area contributed by atoms with E-state index >= 15 is 0 Å². The number of nitrogens with zero attached hydrogens (tertiary/aromatic N) is 6. The predicted octanol–water partition coefficient (Wildman–Crippen LogP) is 4.46. The molecule has 0 radical (unpaired) electrons. The van der Waals surface area contributed by atoms with E-state index in [1.807, 2.05) is 39.7 Å². The first-order valence-electron chi connectivity index (χ1n) is 12.1. The maximum absolute atomic E-state index is 5.93. The highest BCUT2D eigenvalue weighted by Crippen LogP contribution is 2.21. The van der Waals surface area contributed by atoms with Crippen molar-refractivity contribution in [1.82, 2.24) is 29.3 Å². The number of likely N-dealkylation sites (tertiary alicyclic amines) is 1. The second kappa shape index (κ2) is 10.2. The van der Waals surface area contributed by atoms with Gasteiger partial charge in [0.05, 0.1) is 11.9 Å². The molecule has 3 aromatic heterocycles. The van der Waals surface area contributed by atoms with Crippen LogP contribution in [0.2, 0.25) is 0 Å². The van der Waals surface area contributed by atoms with Crippen molar-refractivity contribution in [2.75, 3.05) is 26.2 Å². The maximum Gasteiger partial charge on any atom is 0.156 e. The molecule has 0 amide bonds. The van der Waals surface area contributed by atoms with Gasteiger partial charge < -0.3 is 4.74 Å². The van der Waals surface area contributed by atoms with Crippen LogP contribution in [0, 0.1) is 0 Å². The van der Waals surface area contributed by atoms with Gasteiger partial charge in [-0.05, 0) is 62.2 Å². The normalized spacial score (nSPS) is 14.3. The van der Waals surface area contributed by atoms with Crippen LogP contribution in [0.3, 0.4) is 0 Å². The fourth-order valence-electron chi connectivity index (χ4n) is 4.37. The number of unbranched alkanes of at least 4 members (excludes halogenated alkanes) is 1. The molecule has 0 saturated carbocycles. The van der Waals surface area contributed by atoms with E-state index in [1.54, 1.807) is 0 Å². The third-order valence-corrected chi connectivity index (χ3v) is 6.23. The lowest BCUT2D eigenvalue weighted by Gasteiger charge is -2.14. The number of pyridine rings is 1. The standard InChI is InChI=1S/C26H32N6O/c1-2-3-15-31-20-22(19-27-31)24-7-6-8-26-28-25(29-32(24)26)18-21-9-11-23(12-10-21)33-17-16-30-13-4-5-14-30/h6-12,19-20H,2-5,13-18H2,1H3. The number of aryl methyl sites for hydroxylation is 1. The summed E-state index contributed by atoms with van der Waals surface area (Å²) in [4.78, 5) is 7.22. The van der Waals surface area contributed by atoms with Crippen molar-refractivity contribution in [2.24, 2.45) is 0 Å². The highest BCUT2D eigenvalue weighted by Gasteiger charge is 2.12. The molecule has 7 heteroatoms. The van der Waals surface area contributed by atoms with Crippen molar-refractivity contribution in [3.63, 3.8) is 0 Å². The molecule has 0 atom stereocenters. The molecule has 4 heterocycles. The molecule has 0 bridgehead atoms. The number of fused-ring (bicyclic) bond motifs is 1. The van der Waals surface area contributed by atoms with Gasteiger partial charge in [0.25, 0.3) is 0 Å². The minimum atomic E-state index is 0.685. The van der Waals surface area contributed by atoms with E-state index in [0.717, 1.165) is 61.0 Å². The van der Waals surface area contributed by atoms with E-state index in [9.17, 15) is 0 Å². The second-order valence-electron chi connectivity index (χ2n) is 8.77. The van der Waals surface area contributed by atoms with Crippen LogP contribution in [0.15, 0.2) is 54.9 Å². The summed E-state index contributed by atoms with van der Waals surface area (Å²) < 4.78 is 9.85. The third kappa shape index (κ3) is 5.25. The van der Waals surface area contributed by atoms with Gasteiger partial charge in [0.15, 0.2) is 11.5 Å². The van der Waals surface area contributed by atoms with E-state index in [1.165, 1.54) is 31.5 Å². The third-order valence-electron chi connectivity index (χ3n) is 6.23. The van der Waals surface area contributed by atoms with Crippen molar-refractivity contribution >= 4 is 5.65 Å². The van der Waals surface area contributed by atoms with Gasteiger partial charge in [-0.2, -0.15) is 10.2 Å². The monoisotopic (exact) mass is 444 g/mol. The topological polar surface area (TPSA) is 60.5 Å². The Kier molecular flexibility index (Phi) is 6.67. The molecule has 33 heavy (non-hydrogen) atoms.